The summed E-state index contributed by atoms with van der Waals surface area (Å²) in [6.07, 6.45) is 1.12. The summed E-state index contributed by atoms with van der Waals surface area (Å²) in [5.74, 6) is 0.563. The lowest BCUT2D eigenvalue weighted by Crippen LogP contribution is -2.51. The molecule has 1 heterocycles. The maximum absolute atomic E-state index is 12.3. The van der Waals surface area contributed by atoms with Crippen LogP contribution < -0.4 is 0 Å². The predicted octanol–water partition coefficient (Wildman–Crippen LogP) is 2.78. The Morgan fingerprint density at radius 2 is 2.04 bits per heavy atom. The number of ether oxygens (including phenoxy) is 1. The molecule has 23 heavy (non-hydrogen) atoms. The highest BCUT2D eigenvalue weighted by Gasteiger charge is 2.31. The summed E-state index contributed by atoms with van der Waals surface area (Å²) >= 11 is 0. The van der Waals surface area contributed by atoms with Crippen molar-refractivity contribution >= 4 is 5.91 Å². The minimum Gasteiger partial charge on any atom is -0.369 e. The smallest absolute Gasteiger partial charge is 0.248 e. The van der Waals surface area contributed by atoms with Gasteiger partial charge in [0.2, 0.25) is 5.91 Å². The van der Waals surface area contributed by atoms with E-state index in [0.717, 1.165) is 26.1 Å². The molecule has 1 saturated heterocycles. The van der Waals surface area contributed by atoms with Gasteiger partial charge in [-0.25, -0.2) is 0 Å². The number of hydrogen-bond donors (Lipinski definition) is 0. The zero-order valence-corrected chi connectivity index (χ0v) is 14.9. The predicted molar refractivity (Wildman–Crippen MR) is 93.1 cm³/mol. The molecule has 0 unspecified atom stereocenters. The van der Waals surface area contributed by atoms with Crippen molar-refractivity contribution in [2.24, 2.45) is 5.92 Å². The fourth-order valence-corrected chi connectivity index (χ4v) is 3.30. The van der Waals surface area contributed by atoms with Gasteiger partial charge in [-0.05, 0) is 31.7 Å². The van der Waals surface area contributed by atoms with Crippen molar-refractivity contribution in [1.82, 2.24) is 9.80 Å². The van der Waals surface area contributed by atoms with Gasteiger partial charge in [0.1, 0.15) is 6.61 Å². The summed E-state index contributed by atoms with van der Waals surface area (Å²) in [7, 11) is 1.92. The molecule has 0 spiro atoms. The van der Waals surface area contributed by atoms with Crippen LogP contribution in [-0.4, -0.2) is 54.6 Å². The first-order chi connectivity index (χ1) is 11.0. The Kier molecular flexibility index (Phi) is 6.60. The monoisotopic (exact) mass is 318 g/mol. The lowest BCUT2D eigenvalue weighted by molar-refractivity contribution is -0.140. The van der Waals surface area contributed by atoms with E-state index in [0.29, 0.717) is 12.0 Å². The van der Waals surface area contributed by atoms with Gasteiger partial charge in [0.05, 0.1) is 6.10 Å². The first kappa shape index (κ1) is 18.0. The summed E-state index contributed by atoms with van der Waals surface area (Å²) in [5, 5.41) is 0. The molecule has 1 fully saturated rings. The van der Waals surface area contributed by atoms with Crippen LogP contribution in [0, 0.1) is 5.92 Å². The lowest BCUT2D eigenvalue weighted by atomic mass is 9.92. The number of carbonyl (C=O) groups excluding carboxylic acids is 1. The molecule has 2 rings (SSSR count). The molecule has 1 aromatic rings. The summed E-state index contributed by atoms with van der Waals surface area (Å²) in [6, 6.07) is 10.9. The average molecular weight is 318 g/mol. The van der Waals surface area contributed by atoms with Crippen LogP contribution in [0.3, 0.4) is 0 Å². The summed E-state index contributed by atoms with van der Waals surface area (Å²) in [4.78, 5) is 16.6. The molecule has 0 saturated carbocycles. The molecule has 2 atom stereocenters. The lowest BCUT2D eigenvalue weighted by Gasteiger charge is -2.41. The molecule has 1 aliphatic rings. The van der Waals surface area contributed by atoms with Gasteiger partial charge in [-0.3, -0.25) is 9.69 Å². The Bertz CT molecular complexity index is 489. The molecule has 1 aromatic carbocycles. The van der Waals surface area contributed by atoms with Gasteiger partial charge >= 0.3 is 0 Å². The number of carbonyl (C=O) groups is 1. The van der Waals surface area contributed by atoms with Crippen molar-refractivity contribution in [2.45, 2.75) is 45.9 Å². The van der Waals surface area contributed by atoms with Crippen LogP contribution in [0.15, 0.2) is 30.3 Å². The zero-order valence-electron chi connectivity index (χ0n) is 14.9. The molecular formula is C19H30N2O2. The third-order valence-electron chi connectivity index (χ3n) is 4.62. The molecule has 0 bridgehead atoms. The molecule has 1 amide bonds. The van der Waals surface area contributed by atoms with Crippen LogP contribution in [0.1, 0.15) is 32.8 Å². The second kappa shape index (κ2) is 8.46. The highest BCUT2D eigenvalue weighted by molar-refractivity contribution is 5.77. The highest BCUT2D eigenvalue weighted by Crippen LogP contribution is 2.23. The Morgan fingerprint density at radius 3 is 2.65 bits per heavy atom. The Labute approximate surface area is 140 Å². The third kappa shape index (κ3) is 5.33. The van der Waals surface area contributed by atoms with Crippen molar-refractivity contribution in [3.8, 4) is 0 Å². The summed E-state index contributed by atoms with van der Waals surface area (Å²) in [6.45, 7) is 9.40. The number of benzene rings is 1. The highest BCUT2D eigenvalue weighted by atomic mass is 16.5. The summed E-state index contributed by atoms with van der Waals surface area (Å²) < 4.78 is 5.45. The van der Waals surface area contributed by atoms with Gasteiger partial charge in [0.25, 0.3) is 0 Å². The minimum absolute atomic E-state index is 0.0899. The molecule has 0 radical (unpaired) electrons. The number of piperidine rings is 1. The van der Waals surface area contributed by atoms with Crippen LogP contribution in [-0.2, 0) is 16.1 Å². The standard InChI is InChI=1S/C19H30N2O2/c1-15(2)23-14-19(22)20(4)18-10-11-21(12-16(18)3)13-17-8-6-5-7-9-17/h5-9,15-16,18H,10-14H2,1-4H3/t16-,18+/m1/s1. The van der Waals surface area contributed by atoms with Crippen LogP contribution in [0.2, 0.25) is 0 Å². The largest absolute Gasteiger partial charge is 0.369 e. The van der Waals surface area contributed by atoms with E-state index >= 15 is 0 Å². The number of amides is 1. The molecule has 1 aliphatic heterocycles. The van der Waals surface area contributed by atoms with E-state index in [1.165, 1.54) is 5.56 Å². The van der Waals surface area contributed by atoms with E-state index in [4.69, 9.17) is 4.74 Å². The third-order valence-corrected chi connectivity index (χ3v) is 4.62. The van der Waals surface area contributed by atoms with Gasteiger partial charge in [-0.15, -0.1) is 0 Å². The van der Waals surface area contributed by atoms with Crippen molar-refractivity contribution in [2.75, 3.05) is 26.7 Å². The molecule has 128 valence electrons. The number of nitrogens with zero attached hydrogens (tertiary/aromatic N) is 2. The molecule has 4 nitrogen and oxygen atoms in total. The Hall–Kier alpha value is -1.39. The number of likely N-dealkylation sites (N-methyl/N-ethyl adjacent to an activating group) is 1. The fraction of sp³-hybridized carbons (Fsp3) is 0.632. The van der Waals surface area contributed by atoms with Crippen LogP contribution in [0.5, 0.6) is 0 Å². The quantitative estimate of drug-likeness (QED) is 0.808. The number of hydrogen-bond acceptors (Lipinski definition) is 3. The minimum atomic E-state index is 0.0899. The molecule has 0 aliphatic carbocycles. The van der Waals surface area contributed by atoms with Crippen molar-refractivity contribution in [3.05, 3.63) is 35.9 Å². The number of rotatable bonds is 6. The van der Waals surface area contributed by atoms with E-state index in [-0.39, 0.29) is 18.6 Å². The van der Waals surface area contributed by atoms with E-state index in [9.17, 15) is 4.79 Å². The first-order valence-electron chi connectivity index (χ1n) is 8.61. The number of likely N-dealkylation sites (tertiary alicyclic amines) is 1. The van der Waals surface area contributed by atoms with Gasteiger partial charge in [-0.2, -0.15) is 0 Å². The van der Waals surface area contributed by atoms with Gasteiger partial charge in [0.15, 0.2) is 0 Å². The Morgan fingerprint density at radius 1 is 1.35 bits per heavy atom. The average Bonchev–Trinajstić information content (AvgIpc) is 2.53. The maximum atomic E-state index is 12.3. The van der Waals surface area contributed by atoms with E-state index < -0.39 is 0 Å². The summed E-state index contributed by atoms with van der Waals surface area (Å²) in [5.41, 5.74) is 1.35. The second-order valence-corrected chi connectivity index (χ2v) is 6.92. The normalized spacial score (nSPS) is 22.3. The van der Waals surface area contributed by atoms with E-state index in [2.05, 4.69) is 42.2 Å². The van der Waals surface area contributed by atoms with Crippen LogP contribution >= 0.6 is 0 Å². The zero-order chi connectivity index (χ0) is 16.8. The SMILES string of the molecule is CC(C)OCC(=O)N(C)[C@H]1CCN(Cc2ccccc2)C[C@H]1C. The van der Waals surface area contributed by atoms with Gasteiger partial charge in [-0.1, -0.05) is 37.3 Å². The van der Waals surface area contributed by atoms with Crippen LogP contribution in [0.4, 0.5) is 0 Å². The van der Waals surface area contributed by atoms with Crippen molar-refractivity contribution in [1.29, 1.82) is 0 Å². The maximum Gasteiger partial charge on any atom is 0.248 e. The molecule has 0 aromatic heterocycles. The van der Waals surface area contributed by atoms with Crippen LogP contribution in [0.25, 0.3) is 0 Å². The van der Waals surface area contributed by atoms with E-state index in [1.807, 2.05) is 25.8 Å². The molecule has 4 heteroatoms. The second-order valence-electron chi connectivity index (χ2n) is 6.92. The van der Waals surface area contributed by atoms with Gasteiger partial charge < -0.3 is 9.64 Å². The molecule has 0 N–H and O–H groups in total. The topological polar surface area (TPSA) is 32.8 Å². The Balaban J connectivity index is 1.84. The van der Waals surface area contributed by atoms with Crippen molar-refractivity contribution in [3.63, 3.8) is 0 Å². The van der Waals surface area contributed by atoms with Gasteiger partial charge in [0, 0.05) is 32.7 Å². The van der Waals surface area contributed by atoms with E-state index in [1.54, 1.807) is 0 Å². The fourth-order valence-electron chi connectivity index (χ4n) is 3.30. The molecular weight excluding hydrogens is 288 g/mol. The first-order valence-corrected chi connectivity index (χ1v) is 8.61. The van der Waals surface area contributed by atoms with Crippen molar-refractivity contribution < 1.29 is 9.53 Å².